The highest BCUT2D eigenvalue weighted by atomic mass is 79.9. The van der Waals surface area contributed by atoms with E-state index in [1.54, 1.807) is 12.1 Å². The third-order valence-electron chi connectivity index (χ3n) is 10.3. The first-order chi connectivity index (χ1) is 21.4. The average Bonchev–Trinajstić information content (AvgIpc) is 3.00. The van der Waals surface area contributed by atoms with Gasteiger partial charge in [-0.3, -0.25) is 14.4 Å². The maximum Gasteiger partial charge on any atom is 0.312 e. The van der Waals surface area contributed by atoms with Crippen LogP contribution in [0.1, 0.15) is 82.9 Å². The quantitative estimate of drug-likeness (QED) is 0.0975. The highest BCUT2D eigenvalue weighted by Crippen LogP contribution is 2.62. The summed E-state index contributed by atoms with van der Waals surface area (Å²) in [5.41, 5.74) is 3.93. The third-order valence-corrected chi connectivity index (χ3v) is 10.9. The van der Waals surface area contributed by atoms with Gasteiger partial charge in [-0.05, 0) is 97.6 Å². The van der Waals surface area contributed by atoms with E-state index in [9.17, 15) is 14.4 Å². The smallest absolute Gasteiger partial charge is 0.312 e. The normalized spacial score (nSPS) is 24.5. The largest absolute Gasteiger partial charge is 0.460 e. The molecule has 6 nitrogen and oxygen atoms in total. The van der Waals surface area contributed by atoms with Crippen molar-refractivity contribution in [3.63, 3.8) is 0 Å². The number of allylic oxidation sites excluding steroid dienone is 1. The summed E-state index contributed by atoms with van der Waals surface area (Å²) < 4.78 is 16.9. The van der Waals surface area contributed by atoms with Gasteiger partial charge in [0.05, 0.1) is 5.41 Å². The van der Waals surface area contributed by atoms with E-state index in [1.807, 2.05) is 30.3 Å². The summed E-state index contributed by atoms with van der Waals surface area (Å²) in [6.45, 7) is 12.0. The number of carbonyl (C=O) groups excluding carboxylic acids is 3. The number of ether oxygens (including phenoxy) is 3. The SMILES string of the molecule is C=C1CCC2[C@](C)(CCC[C@]2(C)C(=O)OCc2ccc(CBr)cc2)[C@H]1CCc1ccc2c(OC(C)=O)ccc(OC(C)=O)c2c1. The number of rotatable bonds is 9. The van der Waals surface area contributed by atoms with Crippen molar-refractivity contribution in [3.8, 4) is 11.5 Å². The third kappa shape index (κ3) is 6.89. The molecule has 0 aromatic heterocycles. The van der Waals surface area contributed by atoms with E-state index in [-0.39, 0.29) is 29.8 Å². The number of hydrogen-bond acceptors (Lipinski definition) is 6. The van der Waals surface area contributed by atoms with Gasteiger partial charge in [-0.2, -0.15) is 0 Å². The van der Waals surface area contributed by atoms with Gasteiger partial charge in [-0.1, -0.05) is 77.8 Å². The van der Waals surface area contributed by atoms with Crippen molar-refractivity contribution >= 4 is 44.6 Å². The highest BCUT2D eigenvalue weighted by molar-refractivity contribution is 9.08. The minimum atomic E-state index is -0.545. The van der Waals surface area contributed by atoms with Gasteiger partial charge in [-0.25, -0.2) is 0 Å². The van der Waals surface area contributed by atoms with Crippen LogP contribution in [0.25, 0.3) is 10.8 Å². The number of esters is 3. The summed E-state index contributed by atoms with van der Waals surface area (Å²) in [7, 11) is 0. The van der Waals surface area contributed by atoms with Crippen molar-refractivity contribution in [2.45, 2.75) is 84.6 Å². The van der Waals surface area contributed by atoms with E-state index in [0.29, 0.717) is 16.9 Å². The van der Waals surface area contributed by atoms with E-state index in [4.69, 9.17) is 14.2 Å². The molecule has 0 radical (unpaired) electrons. The second kappa shape index (κ2) is 13.5. The molecule has 2 aliphatic carbocycles. The summed E-state index contributed by atoms with van der Waals surface area (Å²) >= 11 is 3.48. The molecule has 238 valence electrons. The zero-order valence-corrected chi connectivity index (χ0v) is 28.3. The Labute approximate surface area is 274 Å². The minimum absolute atomic E-state index is 0.0683. The molecule has 4 atom stereocenters. The monoisotopic (exact) mass is 674 g/mol. The first kappa shape index (κ1) is 32.9. The molecule has 2 aliphatic rings. The lowest BCUT2D eigenvalue weighted by Crippen LogP contribution is -2.53. The van der Waals surface area contributed by atoms with Crippen molar-refractivity contribution < 1.29 is 28.6 Å². The molecule has 0 saturated heterocycles. The fraction of sp³-hybridized carbons (Fsp3) is 0.447. The lowest BCUT2D eigenvalue weighted by atomic mass is 9.46. The van der Waals surface area contributed by atoms with Gasteiger partial charge >= 0.3 is 17.9 Å². The number of fused-ring (bicyclic) bond motifs is 2. The second-order valence-electron chi connectivity index (χ2n) is 13.3. The van der Waals surface area contributed by atoms with Crippen LogP contribution in [-0.4, -0.2) is 17.9 Å². The van der Waals surface area contributed by atoms with Crippen LogP contribution in [0.2, 0.25) is 0 Å². The first-order valence-corrected chi connectivity index (χ1v) is 17.0. The number of alkyl halides is 1. The zero-order chi connectivity index (χ0) is 32.4. The molecular weight excluding hydrogens is 632 g/mol. The zero-order valence-electron chi connectivity index (χ0n) is 26.7. The Bertz CT molecular complexity index is 1610. The molecule has 2 fully saturated rings. The Morgan fingerprint density at radius 3 is 2.13 bits per heavy atom. The fourth-order valence-electron chi connectivity index (χ4n) is 8.06. The van der Waals surface area contributed by atoms with Gasteiger partial charge in [-0.15, -0.1) is 0 Å². The summed E-state index contributed by atoms with van der Waals surface area (Å²) in [4.78, 5) is 37.3. The summed E-state index contributed by atoms with van der Waals surface area (Å²) in [5.74, 6) is 0.417. The lowest BCUT2D eigenvalue weighted by molar-refractivity contribution is -0.172. The summed E-state index contributed by atoms with van der Waals surface area (Å²) in [6.07, 6.45) is 6.41. The van der Waals surface area contributed by atoms with Crippen molar-refractivity contribution in [2.75, 3.05) is 0 Å². The van der Waals surface area contributed by atoms with Crippen LogP contribution in [0.4, 0.5) is 0 Å². The number of hydrogen-bond donors (Lipinski definition) is 0. The van der Waals surface area contributed by atoms with Crippen LogP contribution < -0.4 is 9.47 Å². The van der Waals surface area contributed by atoms with Crippen LogP contribution in [0.3, 0.4) is 0 Å². The number of aryl methyl sites for hydroxylation is 1. The lowest BCUT2D eigenvalue weighted by Gasteiger charge is -2.57. The van der Waals surface area contributed by atoms with Crippen LogP contribution in [-0.2, 0) is 37.5 Å². The molecule has 0 heterocycles. The van der Waals surface area contributed by atoms with Crippen molar-refractivity contribution in [3.05, 3.63) is 83.4 Å². The average molecular weight is 676 g/mol. The van der Waals surface area contributed by atoms with Gasteiger partial charge in [0.2, 0.25) is 0 Å². The van der Waals surface area contributed by atoms with Crippen LogP contribution in [0, 0.1) is 22.7 Å². The van der Waals surface area contributed by atoms with Crippen LogP contribution in [0.5, 0.6) is 11.5 Å². The number of halogens is 1. The van der Waals surface area contributed by atoms with Gasteiger partial charge in [0.15, 0.2) is 0 Å². The van der Waals surface area contributed by atoms with Gasteiger partial charge in [0.1, 0.15) is 18.1 Å². The Balaban J connectivity index is 1.35. The first-order valence-electron chi connectivity index (χ1n) is 15.9. The molecule has 45 heavy (non-hydrogen) atoms. The molecule has 3 aromatic rings. The van der Waals surface area contributed by atoms with E-state index < -0.39 is 17.4 Å². The van der Waals surface area contributed by atoms with Crippen molar-refractivity contribution in [2.24, 2.45) is 22.7 Å². The van der Waals surface area contributed by atoms with Crippen LogP contribution in [0.15, 0.2) is 66.7 Å². The number of benzene rings is 3. The molecule has 0 N–H and O–H groups in total. The van der Waals surface area contributed by atoms with Crippen molar-refractivity contribution in [1.29, 1.82) is 0 Å². The molecule has 0 bridgehead atoms. The highest BCUT2D eigenvalue weighted by Gasteiger charge is 2.57. The molecule has 0 aliphatic heterocycles. The Kier molecular flexibility index (Phi) is 9.88. The molecule has 7 heteroatoms. The second-order valence-corrected chi connectivity index (χ2v) is 13.8. The predicted molar refractivity (Wildman–Crippen MR) is 179 cm³/mol. The predicted octanol–water partition coefficient (Wildman–Crippen LogP) is 9.04. The molecule has 5 rings (SSSR count). The molecule has 1 unspecified atom stereocenters. The van der Waals surface area contributed by atoms with E-state index >= 15 is 0 Å². The summed E-state index contributed by atoms with van der Waals surface area (Å²) in [6, 6.07) is 17.5. The molecule has 0 spiro atoms. The van der Waals surface area contributed by atoms with Gasteiger partial charge < -0.3 is 14.2 Å². The Morgan fingerprint density at radius 2 is 1.49 bits per heavy atom. The van der Waals surface area contributed by atoms with Gasteiger partial charge in [0, 0.05) is 30.0 Å². The summed E-state index contributed by atoms with van der Waals surface area (Å²) in [5, 5.41) is 2.23. The minimum Gasteiger partial charge on any atom is -0.460 e. The van der Waals surface area contributed by atoms with E-state index in [1.165, 1.54) is 25.0 Å². The molecule has 2 saturated carbocycles. The van der Waals surface area contributed by atoms with Crippen LogP contribution >= 0.6 is 15.9 Å². The number of carbonyl (C=O) groups is 3. The van der Waals surface area contributed by atoms with Crippen molar-refractivity contribution in [1.82, 2.24) is 0 Å². The fourth-order valence-corrected chi connectivity index (χ4v) is 8.43. The topological polar surface area (TPSA) is 78.9 Å². The Morgan fingerprint density at radius 1 is 0.867 bits per heavy atom. The van der Waals surface area contributed by atoms with Gasteiger partial charge in [0.25, 0.3) is 0 Å². The molecular formula is C38H43BrO6. The van der Waals surface area contributed by atoms with E-state index in [2.05, 4.69) is 48.5 Å². The maximum atomic E-state index is 13.8. The molecule has 0 amide bonds. The van der Waals surface area contributed by atoms with E-state index in [0.717, 1.165) is 66.8 Å². The maximum absolute atomic E-state index is 13.8. The molecule has 3 aromatic carbocycles. The Hall–Kier alpha value is -3.45. The standard InChI is InChI=1S/C38H43BrO6/c1-24-7-18-35-37(4,19-6-20-38(35,5)36(42)43-23-29-10-8-28(22-39)9-11-29)32(24)15-13-27-12-14-30-31(21-27)34(45-26(3)41)17-16-33(30)44-25(2)40/h8-12,14,16-17,21,32,35H,1,6-7,13,15,18-20,22-23H2,2-5H3/t32-,35?,37+,38-/m0/s1.